The molecule has 0 aliphatic heterocycles. The summed E-state index contributed by atoms with van der Waals surface area (Å²) in [5.41, 5.74) is 8.94. The largest absolute Gasteiger partial charge is 0.389 e. The lowest BCUT2D eigenvalue weighted by Crippen LogP contribution is -2.22. The first kappa shape index (κ1) is 15.2. The van der Waals surface area contributed by atoms with Crippen LogP contribution >= 0.6 is 12.2 Å². The molecule has 0 bridgehead atoms. The Hall–Kier alpha value is -1.23. The molecule has 0 aromatic carbocycles. The van der Waals surface area contributed by atoms with Crippen LogP contribution in [-0.4, -0.2) is 21.7 Å². The van der Waals surface area contributed by atoms with Gasteiger partial charge in [-0.2, -0.15) is 5.10 Å². The summed E-state index contributed by atoms with van der Waals surface area (Å²) in [6, 6.07) is 0. The average Bonchev–Trinajstić information content (AvgIpc) is 3.27. The van der Waals surface area contributed by atoms with Crippen LogP contribution in [0.4, 0.5) is 5.82 Å². The summed E-state index contributed by atoms with van der Waals surface area (Å²) in [5.74, 6) is 2.27. The number of hydrogen-bond acceptors (Lipinski definition) is 4. The van der Waals surface area contributed by atoms with Gasteiger partial charge in [0.15, 0.2) is 5.82 Å². The van der Waals surface area contributed by atoms with Gasteiger partial charge in [-0.3, -0.25) is 0 Å². The topological polar surface area (TPSA) is 63.8 Å². The molecule has 1 aromatic rings. The average molecular weight is 292 g/mol. The SMILES string of the molecule is CCc1nnc(NCC(C)C2CC2)c(C(N)=S)c1CC. The van der Waals surface area contributed by atoms with Gasteiger partial charge in [0.05, 0.1) is 11.3 Å². The molecular weight excluding hydrogens is 268 g/mol. The van der Waals surface area contributed by atoms with E-state index in [1.165, 1.54) is 12.8 Å². The second-order valence-electron chi connectivity index (χ2n) is 5.62. The van der Waals surface area contributed by atoms with Crippen molar-refractivity contribution in [2.24, 2.45) is 17.6 Å². The molecule has 4 nitrogen and oxygen atoms in total. The minimum absolute atomic E-state index is 0.410. The van der Waals surface area contributed by atoms with Gasteiger partial charge in [0.2, 0.25) is 0 Å². The zero-order chi connectivity index (χ0) is 14.7. The first-order chi connectivity index (χ1) is 9.58. The van der Waals surface area contributed by atoms with Crippen molar-refractivity contribution in [3.05, 3.63) is 16.8 Å². The number of nitrogens with one attached hydrogen (secondary N) is 1. The molecule has 1 aliphatic carbocycles. The van der Waals surface area contributed by atoms with Gasteiger partial charge < -0.3 is 11.1 Å². The van der Waals surface area contributed by atoms with E-state index in [9.17, 15) is 0 Å². The van der Waals surface area contributed by atoms with Gasteiger partial charge in [-0.05, 0) is 43.1 Å². The maximum absolute atomic E-state index is 5.92. The Kier molecular flexibility index (Phi) is 4.91. The van der Waals surface area contributed by atoms with E-state index in [4.69, 9.17) is 18.0 Å². The molecule has 0 saturated heterocycles. The lowest BCUT2D eigenvalue weighted by Gasteiger charge is -2.17. The number of aromatic nitrogens is 2. The Morgan fingerprint density at radius 3 is 2.55 bits per heavy atom. The van der Waals surface area contributed by atoms with E-state index in [0.717, 1.165) is 47.9 Å². The monoisotopic (exact) mass is 292 g/mol. The van der Waals surface area contributed by atoms with Gasteiger partial charge >= 0.3 is 0 Å². The Morgan fingerprint density at radius 2 is 2.05 bits per heavy atom. The molecule has 1 fully saturated rings. The first-order valence-corrected chi connectivity index (χ1v) is 7.91. The summed E-state index contributed by atoms with van der Waals surface area (Å²) in [6.45, 7) is 7.37. The molecule has 2 rings (SSSR count). The van der Waals surface area contributed by atoms with Gasteiger partial charge in [0.25, 0.3) is 0 Å². The van der Waals surface area contributed by atoms with Crippen LogP contribution in [0.2, 0.25) is 0 Å². The lowest BCUT2D eigenvalue weighted by atomic mass is 10.0. The number of aryl methyl sites for hydroxylation is 1. The normalized spacial score (nSPS) is 15.9. The molecule has 1 aromatic heterocycles. The summed E-state index contributed by atoms with van der Waals surface area (Å²) < 4.78 is 0. The lowest BCUT2D eigenvalue weighted by molar-refractivity contribution is 0.535. The van der Waals surface area contributed by atoms with E-state index >= 15 is 0 Å². The van der Waals surface area contributed by atoms with Crippen LogP contribution in [0.25, 0.3) is 0 Å². The Morgan fingerprint density at radius 1 is 1.35 bits per heavy atom. The number of hydrogen-bond donors (Lipinski definition) is 2. The highest BCUT2D eigenvalue weighted by atomic mass is 32.1. The van der Waals surface area contributed by atoms with Crippen LogP contribution in [0.3, 0.4) is 0 Å². The van der Waals surface area contributed by atoms with E-state index in [-0.39, 0.29) is 0 Å². The van der Waals surface area contributed by atoms with Crippen molar-refractivity contribution in [1.29, 1.82) is 0 Å². The number of rotatable bonds is 7. The molecule has 20 heavy (non-hydrogen) atoms. The predicted molar refractivity (Wildman–Crippen MR) is 87.1 cm³/mol. The molecule has 3 N–H and O–H groups in total. The summed E-state index contributed by atoms with van der Waals surface area (Å²) in [7, 11) is 0. The molecule has 110 valence electrons. The summed E-state index contributed by atoms with van der Waals surface area (Å²) in [5, 5.41) is 12.0. The predicted octanol–water partition coefficient (Wildman–Crippen LogP) is 2.69. The third-order valence-electron chi connectivity index (χ3n) is 4.11. The van der Waals surface area contributed by atoms with Crippen LogP contribution in [0.5, 0.6) is 0 Å². The maximum Gasteiger partial charge on any atom is 0.159 e. The molecule has 0 amide bonds. The molecule has 1 heterocycles. The second kappa shape index (κ2) is 6.48. The van der Waals surface area contributed by atoms with Crippen LogP contribution in [0, 0.1) is 11.8 Å². The molecule has 0 spiro atoms. The van der Waals surface area contributed by atoms with Gasteiger partial charge in [0.1, 0.15) is 4.99 Å². The van der Waals surface area contributed by atoms with E-state index < -0.39 is 0 Å². The van der Waals surface area contributed by atoms with Crippen molar-refractivity contribution in [2.75, 3.05) is 11.9 Å². The summed E-state index contributed by atoms with van der Waals surface area (Å²) >= 11 is 5.22. The third-order valence-corrected chi connectivity index (χ3v) is 4.31. The zero-order valence-corrected chi connectivity index (χ0v) is 13.4. The minimum Gasteiger partial charge on any atom is -0.389 e. The number of anilines is 1. The van der Waals surface area contributed by atoms with Crippen molar-refractivity contribution < 1.29 is 0 Å². The number of thiocarbonyl (C=S) groups is 1. The van der Waals surface area contributed by atoms with Gasteiger partial charge in [-0.25, -0.2) is 0 Å². The van der Waals surface area contributed by atoms with Crippen molar-refractivity contribution >= 4 is 23.0 Å². The highest BCUT2D eigenvalue weighted by molar-refractivity contribution is 7.80. The highest BCUT2D eigenvalue weighted by Crippen LogP contribution is 2.36. The molecule has 1 unspecified atom stereocenters. The van der Waals surface area contributed by atoms with E-state index in [1.54, 1.807) is 0 Å². The fourth-order valence-corrected chi connectivity index (χ4v) is 2.87. The van der Waals surface area contributed by atoms with Crippen LogP contribution < -0.4 is 11.1 Å². The van der Waals surface area contributed by atoms with E-state index in [0.29, 0.717) is 10.9 Å². The van der Waals surface area contributed by atoms with Crippen molar-refractivity contribution in [2.45, 2.75) is 46.5 Å². The van der Waals surface area contributed by atoms with Crippen LogP contribution in [-0.2, 0) is 12.8 Å². The van der Waals surface area contributed by atoms with Crippen molar-refractivity contribution in [1.82, 2.24) is 10.2 Å². The first-order valence-electron chi connectivity index (χ1n) is 7.50. The van der Waals surface area contributed by atoms with E-state index in [1.807, 2.05) is 0 Å². The Bertz CT molecular complexity index is 497. The molecule has 5 heteroatoms. The van der Waals surface area contributed by atoms with Gasteiger partial charge in [0, 0.05) is 6.54 Å². The minimum atomic E-state index is 0.410. The molecule has 1 saturated carbocycles. The second-order valence-corrected chi connectivity index (χ2v) is 6.06. The smallest absolute Gasteiger partial charge is 0.159 e. The standard InChI is InChI=1S/C15H24N4S/c1-4-11-12(5-2)18-19-15(13(11)14(16)20)17-8-9(3)10-6-7-10/h9-10H,4-8H2,1-3H3,(H2,16,20)(H,17,19). The molecule has 1 atom stereocenters. The molecule has 1 aliphatic rings. The summed E-state index contributed by atoms with van der Waals surface area (Å²) in [6.07, 6.45) is 4.43. The third kappa shape index (κ3) is 3.26. The fourth-order valence-electron chi connectivity index (χ4n) is 2.65. The quantitative estimate of drug-likeness (QED) is 0.757. The van der Waals surface area contributed by atoms with Crippen molar-refractivity contribution in [3.8, 4) is 0 Å². The van der Waals surface area contributed by atoms with Crippen LogP contribution in [0.1, 0.15) is 50.4 Å². The highest BCUT2D eigenvalue weighted by Gasteiger charge is 2.28. The molecule has 0 radical (unpaired) electrons. The van der Waals surface area contributed by atoms with Crippen molar-refractivity contribution in [3.63, 3.8) is 0 Å². The van der Waals surface area contributed by atoms with Crippen LogP contribution in [0.15, 0.2) is 0 Å². The zero-order valence-electron chi connectivity index (χ0n) is 12.6. The number of nitrogens with two attached hydrogens (primary N) is 1. The molecular formula is C15H24N4S. The summed E-state index contributed by atoms with van der Waals surface area (Å²) in [4.78, 5) is 0.410. The van der Waals surface area contributed by atoms with Gasteiger partial charge in [-0.15, -0.1) is 5.10 Å². The Balaban J connectivity index is 2.24. The van der Waals surface area contributed by atoms with Gasteiger partial charge in [-0.1, -0.05) is 33.0 Å². The fraction of sp³-hybridized carbons (Fsp3) is 0.667. The van der Waals surface area contributed by atoms with E-state index in [2.05, 4.69) is 36.3 Å². The number of nitrogens with zero attached hydrogens (tertiary/aromatic N) is 2. The maximum atomic E-state index is 5.92. The Labute approximate surface area is 126 Å².